The topological polar surface area (TPSA) is 46.6 Å². The lowest BCUT2D eigenvalue weighted by atomic mass is 10.1. The van der Waals surface area contributed by atoms with E-state index in [0.29, 0.717) is 25.5 Å². The van der Waals surface area contributed by atoms with Gasteiger partial charge in [-0.1, -0.05) is 12.1 Å². The molecule has 0 bridgehead atoms. The fourth-order valence-corrected chi connectivity index (χ4v) is 3.90. The van der Waals surface area contributed by atoms with E-state index in [9.17, 15) is 12.8 Å². The third-order valence-corrected chi connectivity index (χ3v) is 5.39. The summed E-state index contributed by atoms with van der Waals surface area (Å²) in [6.45, 7) is 0.945. The predicted molar refractivity (Wildman–Crippen MR) is 75.8 cm³/mol. The van der Waals surface area contributed by atoms with Crippen LogP contribution in [0.3, 0.4) is 0 Å². The van der Waals surface area contributed by atoms with Crippen molar-refractivity contribution in [3.05, 3.63) is 35.6 Å². The van der Waals surface area contributed by atoms with E-state index < -0.39 is 10.0 Å². The summed E-state index contributed by atoms with van der Waals surface area (Å²) in [6.07, 6.45) is 0.0813. The molecule has 1 saturated heterocycles. The molecule has 0 aliphatic carbocycles. The van der Waals surface area contributed by atoms with Gasteiger partial charge in [-0.05, 0) is 24.1 Å². The van der Waals surface area contributed by atoms with E-state index in [1.807, 2.05) is 0 Å². The van der Waals surface area contributed by atoms with Crippen LogP contribution in [0.1, 0.15) is 18.1 Å². The molecule has 1 fully saturated rings. The van der Waals surface area contributed by atoms with Gasteiger partial charge in [-0.3, -0.25) is 0 Å². The molecule has 1 aromatic carbocycles. The van der Waals surface area contributed by atoms with Crippen molar-refractivity contribution in [3.8, 4) is 0 Å². The summed E-state index contributed by atoms with van der Waals surface area (Å²) in [5.41, 5.74) is 0.781. The Morgan fingerprint density at radius 2 is 2.05 bits per heavy atom. The Kier molecular flexibility index (Phi) is 5.37. The molecule has 7 heteroatoms. The SMILES string of the molecule is O=S(=O)(CCCCl)N1CCOC(c2ccc(F)cc2)C1. The van der Waals surface area contributed by atoms with Gasteiger partial charge in [-0.15, -0.1) is 11.6 Å². The maximum atomic E-state index is 12.9. The molecule has 0 N–H and O–H groups in total. The molecule has 0 amide bonds. The molecule has 0 aromatic heterocycles. The molecule has 1 unspecified atom stereocenters. The van der Waals surface area contributed by atoms with E-state index in [2.05, 4.69) is 0 Å². The average molecular weight is 322 g/mol. The van der Waals surface area contributed by atoms with Crippen LogP contribution in [-0.2, 0) is 14.8 Å². The Balaban J connectivity index is 2.06. The Hall–Kier alpha value is -0.690. The van der Waals surface area contributed by atoms with Gasteiger partial charge in [0.2, 0.25) is 10.0 Å². The summed E-state index contributed by atoms with van der Waals surface area (Å²) in [5, 5.41) is 0. The van der Waals surface area contributed by atoms with Crippen molar-refractivity contribution in [2.45, 2.75) is 12.5 Å². The maximum absolute atomic E-state index is 12.9. The monoisotopic (exact) mass is 321 g/mol. The summed E-state index contributed by atoms with van der Waals surface area (Å²) >= 11 is 5.54. The third-order valence-electron chi connectivity index (χ3n) is 3.20. The van der Waals surface area contributed by atoms with Gasteiger partial charge in [0, 0.05) is 19.0 Å². The van der Waals surface area contributed by atoms with E-state index >= 15 is 0 Å². The van der Waals surface area contributed by atoms with Crippen LogP contribution >= 0.6 is 11.6 Å². The third kappa shape index (κ3) is 3.91. The Bertz CT molecular complexity index is 535. The van der Waals surface area contributed by atoms with E-state index in [-0.39, 0.29) is 24.2 Å². The first kappa shape index (κ1) is 15.7. The van der Waals surface area contributed by atoms with Gasteiger partial charge >= 0.3 is 0 Å². The zero-order chi connectivity index (χ0) is 14.6. The minimum Gasteiger partial charge on any atom is -0.371 e. The van der Waals surface area contributed by atoms with Crippen LogP contribution in [0.5, 0.6) is 0 Å². The van der Waals surface area contributed by atoms with Crippen LogP contribution in [0.4, 0.5) is 4.39 Å². The second-order valence-electron chi connectivity index (χ2n) is 4.63. The van der Waals surface area contributed by atoms with Crippen LogP contribution in [-0.4, -0.2) is 44.1 Å². The zero-order valence-electron chi connectivity index (χ0n) is 11.0. The van der Waals surface area contributed by atoms with Crippen molar-refractivity contribution in [2.75, 3.05) is 31.3 Å². The molecule has 4 nitrogen and oxygen atoms in total. The summed E-state index contributed by atoms with van der Waals surface area (Å²) in [4.78, 5) is 0. The zero-order valence-corrected chi connectivity index (χ0v) is 12.5. The van der Waals surface area contributed by atoms with Crippen LogP contribution in [0.25, 0.3) is 0 Å². The van der Waals surface area contributed by atoms with Gasteiger partial charge in [-0.25, -0.2) is 12.8 Å². The van der Waals surface area contributed by atoms with E-state index in [0.717, 1.165) is 5.56 Å². The van der Waals surface area contributed by atoms with Gasteiger partial charge in [0.25, 0.3) is 0 Å². The number of halogens is 2. The summed E-state index contributed by atoms with van der Waals surface area (Å²) < 4.78 is 44.2. The van der Waals surface area contributed by atoms with Crippen molar-refractivity contribution >= 4 is 21.6 Å². The smallest absolute Gasteiger partial charge is 0.214 e. The molecule has 1 heterocycles. The first-order valence-corrected chi connectivity index (χ1v) is 8.58. The Morgan fingerprint density at radius 3 is 2.70 bits per heavy atom. The Labute approximate surface area is 123 Å². The normalized spacial score (nSPS) is 21.0. The first-order chi connectivity index (χ1) is 9.53. The lowest BCUT2D eigenvalue weighted by Gasteiger charge is -2.32. The summed E-state index contributed by atoms with van der Waals surface area (Å²) in [5.74, 6) is 0.0496. The summed E-state index contributed by atoms with van der Waals surface area (Å²) in [7, 11) is -3.30. The maximum Gasteiger partial charge on any atom is 0.214 e. The van der Waals surface area contributed by atoms with E-state index in [1.54, 1.807) is 12.1 Å². The van der Waals surface area contributed by atoms with E-state index in [4.69, 9.17) is 16.3 Å². The molecule has 2 rings (SSSR count). The minimum atomic E-state index is -3.30. The number of hydrogen-bond donors (Lipinski definition) is 0. The van der Waals surface area contributed by atoms with Gasteiger partial charge < -0.3 is 4.74 Å². The van der Waals surface area contributed by atoms with Gasteiger partial charge in [0.1, 0.15) is 5.82 Å². The molecule has 20 heavy (non-hydrogen) atoms. The molecule has 1 atom stereocenters. The van der Waals surface area contributed by atoms with Crippen LogP contribution in [0.2, 0.25) is 0 Å². The number of ether oxygens (including phenoxy) is 1. The van der Waals surface area contributed by atoms with E-state index in [1.165, 1.54) is 16.4 Å². The molecule has 112 valence electrons. The van der Waals surface area contributed by atoms with Crippen molar-refractivity contribution in [3.63, 3.8) is 0 Å². The fourth-order valence-electron chi connectivity index (χ4n) is 2.12. The predicted octanol–water partition coefficient (Wildman–Crippen LogP) is 2.16. The molecule has 0 radical (unpaired) electrons. The molecular weight excluding hydrogens is 305 g/mol. The standard InChI is InChI=1S/C13H17ClFNO3S/c14-6-1-9-20(17,18)16-7-8-19-13(10-16)11-2-4-12(15)5-3-11/h2-5,13H,1,6-10H2. The second kappa shape index (κ2) is 6.85. The van der Waals surface area contributed by atoms with Crippen LogP contribution < -0.4 is 0 Å². The fraction of sp³-hybridized carbons (Fsp3) is 0.538. The number of benzene rings is 1. The lowest BCUT2D eigenvalue weighted by molar-refractivity contribution is -0.00256. The molecule has 0 spiro atoms. The van der Waals surface area contributed by atoms with Crippen LogP contribution in [0, 0.1) is 5.82 Å². The second-order valence-corrected chi connectivity index (χ2v) is 7.09. The summed E-state index contributed by atoms with van der Waals surface area (Å²) in [6, 6.07) is 5.93. The van der Waals surface area contributed by atoms with Gasteiger partial charge in [-0.2, -0.15) is 4.31 Å². The van der Waals surface area contributed by atoms with Crippen molar-refractivity contribution in [1.29, 1.82) is 0 Å². The first-order valence-electron chi connectivity index (χ1n) is 6.44. The highest BCUT2D eigenvalue weighted by molar-refractivity contribution is 7.89. The number of hydrogen-bond acceptors (Lipinski definition) is 3. The number of alkyl halides is 1. The minimum absolute atomic E-state index is 0.0483. The number of morpholine rings is 1. The highest BCUT2D eigenvalue weighted by Gasteiger charge is 2.29. The lowest BCUT2D eigenvalue weighted by Crippen LogP contribution is -2.43. The van der Waals surface area contributed by atoms with Gasteiger partial charge in [0.05, 0.1) is 18.5 Å². The van der Waals surface area contributed by atoms with Crippen molar-refractivity contribution in [2.24, 2.45) is 0 Å². The highest BCUT2D eigenvalue weighted by Crippen LogP contribution is 2.24. The number of sulfonamides is 1. The van der Waals surface area contributed by atoms with Crippen molar-refractivity contribution in [1.82, 2.24) is 4.31 Å². The molecule has 1 aliphatic rings. The number of rotatable bonds is 5. The van der Waals surface area contributed by atoms with Gasteiger partial charge in [0.15, 0.2) is 0 Å². The molecular formula is C13H17ClFNO3S. The van der Waals surface area contributed by atoms with Crippen LogP contribution in [0.15, 0.2) is 24.3 Å². The Morgan fingerprint density at radius 1 is 1.35 bits per heavy atom. The largest absolute Gasteiger partial charge is 0.371 e. The molecule has 1 aromatic rings. The highest BCUT2D eigenvalue weighted by atomic mass is 35.5. The quantitative estimate of drug-likeness (QED) is 0.781. The average Bonchev–Trinajstić information content (AvgIpc) is 2.46. The number of nitrogens with zero attached hydrogens (tertiary/aromatic N) is 1. The molecule has 0 saturated carbocycles. The van der Waals surface area contributed by atoms with Crippen molar-refractivity contribution < 1.29 is 17.5 Å². The molecule has 1 aliphatic heterocycles.